The molecule has 0 saturated heterocycles. The van der Waals surface area contributed by atoms with E-state index in [0.717, 1.165) is 5.75 Å². The number of rotatable bonds is 3. The summed E-state index contributed by atoms with van der Waals surface area (Å²) in [5.41, 5.74) is 10.3. The van der Waals surface area contributed by atoms with E-state index in [0.29, 0.717) is 11.3 Å². The number of guanidine groups is 1. The molecule has 0 spiro atoms. The molecule has 0 unspecified atom stereocenters. The molecule has 0 aromatic rings. The smallest absolute Gasteiger partial charge is 0.185 e. The Bertz CT molecular complexity index is 133. The van der Waals surface area contributed by atoms with Crippen LogP contribution in [0.5, 0.6) is 0 Å². The Morgan fingerprint density at radius 1 is 1.36 bits per heavy atom. The van der Waals surface area contributed by atoms with Gasteiger partial charge in [-0.05, 0) is 0 Å². The summed E-state index contributed by atoms with van der Waals surface area (Å²) in [6.07, 6.45) is 0. The molecule has 0 atom stereocenters. The molecule has 4 heteroatoms. The van der Waals surface area contributed by atoms with Gasteiger partial charge in [0, 0.05) is 10.5 Å². The van der Waals surface area contributed by atoms with E-state index in [-0.39, 0.29) is 5.96 Å². The molecule has 11 heavy (non-hydrogen) atoms. The summed E-state index contributed by atoms with van der Waals surface area (Å²) in [5, 5.41) is 0. The van der Waals surface area contributed by atoms with Gasteiger partial charge in [0.25, 0.3) is 0 Å². The Morgan fingerprint density at radius 2 is 1.91 bits per heavy atom. The first-order valence-corrected chi connectivity index (χ1v) is 4.60. The summed E-state index contributed by atoms with van der Waals surface area (Å²) >= 11 is 1.86. The molecule has 66 valence electrons. The predicted molar refractivity (Wildman–Crippen MR) is 52.9 cm³/mol. The van der Waals surface area contributed by atoms with E-state index >= 15 is 0 Å². The van der Waals surface area contributed by atoms with Crippen LogP contribution in [0.25, 0.3) is 0 Å². The molecule has 0 aliphatic rings. The van der Waals surface area contributed by atoms with Crippen LogP contribution < -0.4 is 11.5 Å². The van der Waals surface area contributed by atoms with E-state index in [1.54, 1.807) is 0 Å². The highest BCUT2D eigenvalue weighted by Gasteiger charge is 2.08. The minimum Gasteiger partial charge on any atom is -0.370 e. The van der Waals surface area contributed by atoms with Crippen molar-refractivity contribution in [2.45, 2.75) is 25.5 Å². The topological polar surface area (TPSA) is 64.4 Å². The van der Waals surface area contributed by atoms with Crippen LogP contribution >= 0.6 is 11.8 Å². The van der Waals surface area contributed by atoms with E-state index in [1.807, 2.05) is 11.8 Å². The maximum Gasteiger partial charge on any atom is 0.185 e. The highest BCUT2D eigenvalue weighted by Crippen LogP contribution is 2.22. The average molecular weight is 175 g/mol. The summed E-state index contributed by atoms with van der Waals surface area (Å²) in [4.78, 5) is 3.88. The molecule has 0 aromatic carbocycles. The van der Waals surface area contributed by atoms with Crippen molar-refractivity contribution in [3.05, 3.63) is 0 Å². The maximum atomic E-state index is 5.16. The molecule has 0 fully saturated rings. The zero-order valence-electron chi connectivity index (χ0n) is 7.42. The lowest BCUT2D eigenvalue weighted by Crippen LogP contribution is -2.23. The van der Waals surface area contributed by atoms with Crippen LogP contribution in [-0.2, 0) is 0 Å². The third-order valence-corrected chi connectivity index (χ3v) is 2.17. The number of hydrogen-bond acceptors (Lipinski definition) is 2. The fraction of sp³-hybridized carbons (Fsp3) is 0.857. The molecule has 3 nitrogen and oxygen atoms in total. The predicted octanol–water partition coefficient (Wildman–Crippen LogP) is 0.792. The second kappa shape index (κ2) is 4.49. The molecule has 0 rings (SSSR count). The first-order valence-electron chi connectivity index (χ1n) is 3.61. The molecule has 0 bridgehead atoms. The second-order valence-electron chi connectivity index (χ2n) is 3.27. The van der Waals surface area contributed by atoms with Crippen LogP contribution in [0.4, 0.5) is 0 Å². The van der Waals surface area contributed by atoms with Crippen molar-refractivity contribution >= 4 is 17.7 Å². The first-order chi connectivity index (χ1) is 4.92. The molecule has 4 N–H and O–H groups in total. The van der Waals surface area contributed by atoms with Crippen molar-refractivity contribution in [1.29, 1.82) is 0 Å². The van der Waals surface area contributed by atoms with Crippen molar-refractivity contribution in [3.63, 3.8) is 0 Å². The summed E-state index contributed by atoms with van der Waals surface area (Å²) in [7, 11) is 0. The number of hydrogen-bond donors (Lipinski definition) is 2. The van der Waals surface area contributed by atoms with Gasteiger partial charge in [-0.3, -0.25) is 4.99 Å². The van der Waals surface area contributed by atoms with Crippen molar-refractivity contribution in [2.75, 3.05) is 12.3 Å². The van der Waals surface area contributed by atoms with Gasteiger partial charge in [0.1, 0.15) is 0 Å². The highest BCUT2D eigenvalue weighted by atomic mass is 32.2. The third kappa shape index (κ3) is 9.62. The molecule has 0 aromatic heterocycles. The molecule has 0 amide bonds. The van der Waals surface area contributed by atoms with Gasteiger partial charge in [-0.1, -0.05) is 20.8 Å². The number of nitrogens with two attached hydrogens (primary N) is 2. The fourth-order valence-corrected chi connectivity index (χ4v) is 1.32. The van der Waals surface area contributed by atoms with Gasteiger partial charge in [-0.2, -0.15) is 11.8 Å². The summed E-state index contributed by atoms with van der Waals surface area (Å²) < 4.78 is 0.304. The molecule has 0 aliphatic carbocycles. The average Bonchev–Trinajstić information content (AvgIpc) is 1.78. The van der Waals surface area contributed by atoms with Crippen LogP contribution in [0.3, 0.4) is 0 Å². The van der Waals surface area contributed by atoms with Gasteiger partial charge in [-0.15, -0.1) is 0 Å². The number of nitrogens with zero attached hydrogens (tertiary/aromatic N) is 1. The van der Waals surface area contributed by atoms with Gasteiger partial charge >= 0.3 is 0 Å². The van der Waals surface area contributed by atoms with E-state index < -0.39 is 0 Å². The van der Waals surface area contributed by atoms with E-state index in [1.165, 1.54) is 0 Å². The Hall–Kier alpha value is -0.380. The fourth-order valence-electron chi connectivity index (χ4n) is 0.527. The van der Waals surface area contributed by atoms with Gasteiger partial charge in [-0.25, -0.2) is 0 Å². The molecule has 0 radical (unpaired) electrons. The monoisotopic (exact) mass is 175 g/mol. The van der Waals surface area contributed by atoms with Crippen LogP contribution in [0.2, 0.25) is 0 Å². The minimum atomic E-state index is 0.180. The summed E-state index contributed by atoms with van der Waals surface area (Å²) in [5.74, 6) is 1.15. The van der Waals surface area contributed by atoms with Gasteiger partial charge in [0.2, 0.25) is 0 Å². The molecule has 0 heterocycles. The van der Waals surface area contributed by atoms with Crippen LogP contribution in [-0.4, -0.2) is 23.0 Å². The lowest BCUT2D eigenvalue weighted by molar-refractivity contribution is 0.802. The lowest BCUT2D eigenvalue weighted by atomic mass is 10.3. The van der Waals surface area contributed by atoms with E-state index in [9.17, 15) is 0 Å². The van der Waals surface area contributed by atoms with E-state index in [4.69, 9.17) is 11.5 Å². The highest BCUT2D eigenvalue weighted by molar-refractivity contribution is 8.00. The van der Waals surface area contributed by atoms with Crippen LogP contribution in [0.1, 0.15) is 20.8 Å². The first kappa shape index (κ1) is 10.6. The van der Waals surface area contributed by atoms with Crippen molar-refractivity contribution in [2.24, 2.45) is 16.5 Å². The third-order valence-electron chi connectivity index (χ3n) is 0.921. The lowest BCUT2D eigenvalue weighted by Gasteiger charge is -2.16. The normalized spacial score (nSPS) is 11.2. The SMILES string of the molecule is CC(C)(C)SCCN=C(N)N. The van der Waals surface area contributed by atoms with Crippen LogP contribution in [0.15, 0.2) is 4.99 Å². The maximum absolute atomic E-state index is 5.16. The van der Waals surface area contributed by atoms with Crippen molar-refractivity contribution in [1.82, 2.24) is 0 Å². The quantitative estimate of drug-likeness (QED) is 0.379. The number of aliphatic imine (C=N–C) groups is 1. The molecular formula is C7H17N3S. The second-order valence-corrected chi connectivity index (χ2v) is 5.19. The molecule has 0 saturated carbocycles. The molecular weight excluding hydrogens is 158 g/mol. The Balaban J connectivity index is 3.36. The van der Waals surface area contributed by atoms with Crippen molar-refractivity contribution < 1.29 is 0 Å². The number of thioether (sulfide) groups is 1. The van der Waals surface area contributed by atoms with Crippen molar-refractivity contribution in [3.8, 4) is 0 Å². The standard InChI is InChI=1S/C7H17N3S/c1-7(2,3)11-5-4-10-6(8)9/h4-5H2,1-3H3,(H4,8,9,10). The van der Waals surface area contributed by atoms with Crippen LogP contribution in [0, 0.1) is 0 Å². The van der Waals surface area contributed by atoms with Gasteiger partial charge in [0.15, 0.2) is 5.96 Å². The largest absolute Gasteiger partial charge is 0.370 e. The zero-order valence-corrected chi connectivity index (χ0v) is 8.24. The van der Waals surface area contributed by atoms with E-state index in [2.05, 4.69) is 25.8 Å². The Labute approximate surface area is 72.6 Å². The van der Waals surface area contributed by atoms with Gasteiger partial charge < -0.3 is 11.5 Å². The summed E-state index contributed by atoms with van der Waals surface area (Å²) in [6, 6.07) is 0. The summed E-state index contributed by atoms with van der Waals surface area (Å²) in [6.45, 7) is 7.23. The minimum absolute atomic E-state index is 0.180. The molecule has 0 aliphatic heterocycles. The zero-order chi connectivity index (χ0) is 8.91. The van der Waals surface area contributed by atoms with Gasteiger partial charge in [0.05, 0.1) is 6.54 Å². The Kier molecular flexibility index (Phi) is 4.33. The Morgan fingerprint density at radius 3 is 2.27 bits per heavy atom.